The van der Waals surface area contributed by atoms with Crippen LogP contribution in [0.15, 0.2) is 29.2 Å². The zero-order chi connectivity index (χ0) is 24.6. The summed E-state index contributed by atoms with van der Waals surface area (Å²) in [4.78, 5) is 36.4. The van der Waals surface area contributed by atoms with Gasteiger partial charge in [-0.25, -0.2) is 8.42 Å². The molecule has 13 heteroatoms. The van der Waals surface area contributed by atoms with E-state index in [2.05, 4.69) is 0 Å². The first-order chi connectivity index (χ1) is 15.3. The number of benzene rings is 1. The first-order valence-corrected chi connectivity index (χ1v) is 11.8. The summed E-state index contributed by atoms with van der Waals surface area (Å²) in [5.41, 5.74) is -1.07. The molecule has 0 bridgehead atoms. The number of piperazine rings is 1. The van der Waals surface area contributed by atoms with E-state index in [9.17, 15) is 41.3 Å². The number of amides is 1. The molecular formula is C20H24F3N3O6S. The number of hydrogen-bond donors (Lipinski definition) is 0. The van der Waals surface area contributed by atoms with Crippen molar-refractivity contribution < 1.29 is 36.1 Å². The molecule has 1 saturated carbocycles. The summed E-state index contributed by atoms with van der Waals surface area (Å²) < 4.78 is 65.4. The number of nitrogens with zero attached hydrogens (tertiary/aromatic N) is 3. The lowest BCUT2D eigenvalue weighted by molar-refractivity contribution is -0.490. The predicted octanol–water partition coefficient (Wildman–Crippen LogP) is 2.05. The van der Waals surface area contributed by atoms with Crippen LogP contribution in [0.25, 0.3) is 0 Å². The smallest absolute Gasteiger partial charge is 0.340 e. The van der Waals surface area contributed by atoms with Crippen LogP contribution < -0.4 is 0 Å². The van der Waals surface area contributed by atoms with Crippen LogP contribution >= 0.6 is 0 Å². The molecule has 2 aliphatic rings. The Balaban J connectivity index is 1.64. The lowest BCUT2D eigenvalue weighted by Gasteiger charge is -2.34. The van der Waals surface area contributed by atoms with Crippen molar-refractivity contribution in [3.05, 3.63) is 39.9 Å². The van der Waals surface area contributed by atoms with E-state index in [0.717, 1.165) is 22.5 Å². The second-order valence-corrected chi connectivity index (χ2v) is 10.4. The Morgan fingerprint density at radius 1 is 1.21 bits per heavy atom. The number of Topliss-reactive ketones (excluding diaryl/α,β-unsaturated/α-hetero) is 1. The lowest BCUT2D eigenvalue weighted by Crippen LogP contribution is -2.51. The van der Waals surface area contributed by atoms with Crippen molar-refractivity contribution >= 4 is 21.7 Å². The molecule has 182 valence electrons. The average molecular weight is 491 g/mol. The van der Waals surface area contributed by atoms with E-state index in [-0.39, 0.29) is 50.7 Å². The zero-order valence-electron chi connectivity index (χ0n) is 17.8. The Bertz CT molecular complexity index is 1040. The van der Waals surface area contributed by atoms with E-state index in [1.54, 1.807) is 6.92 Å². The van der Waals surface area contributed by atoms with E-state index >= 15 is 0 Å². The Morgan fingerprint density at radius 3 is 2.42 bits per heavy atom. The van der Waals surface area contributed by atoms with E-state index in [1.165, 1.54) is 4.90 Å². The Labute approximate surface area is 188 Å². The minimum Gasteiger partial charge on any atom is -0.340 e. The van der Waals surface area contributed by atoms with Crippen molar-refractivity contribution in [3.8, 4) is 0 Å². The van der Waals surface area contributed by atoms with Gasteiger partial charge in [0.1, 0.15) is 5.78 Å². The van der Waals surface area contributed by atoms with E-state index in [1.807, 2.05) is 0 Å². The van der Waals surface area contributed by atoms with Crippen LogP contribution in [0.1, 0.15) is 25.3 Å². The number of carbonyl (C=O) groups excluding carboxylic acids is 2. The molecule has 1 aromatic carbocycles. The molecule has 1 aromatic rings. The summed E-state index contributed by atoms with van der Waals surface area (Å²) in [5.74, 6) is -2.06. The number of hydrogen-bond acceptors (Lipinski definition) is 6. The lowest BCUT2D eigenvalue weighted by atomic mass is 9.87. The normalized spacial score (nSPS) is 24.8. The molecule has 33 heavy (non-hydrogen) atoms. The highest BCUT2D eigenvalue weighted by Gasteiger charge is 2.44. The maximum Gasteiger partial charge on any atom is 0.416 e. The first-order valence-electron chi connectivity index (χ1n) is 10.4. The van der Waals surface area contributed by atoms with Crippen molar-refractivity contribution in [1.82, 2.24) is 9.21 Å². The van der Waals surface area contributed by atoms with Gasteiger partial charge in [0.2, 0.25) is 22.5 Å². The van der Waals surface area contributed by atoms with Crippen LogP contribution in [0.4, 0.5) is 13.2 Å². The van der Waals surface area contributed by atoms with Crippen LogP contribution in [0.2, 0.25) is 0 Å². The van der Waals surface area contributed by atoms with Gasteiger partial charge >= 0.3 is 6.18 Å². The third-order valence-electron chi connectivity index (χ3n) is 6.33. The summed E-state index contributed by atoms with van der Waals surface area (Å²) in [6.07, 6.45) is -4.68. The number of alkyl halides is 3. The van der Waals surface area contributed by atoms with Crippen LogP contribution in [0.3, 0.4) is 0 Å². The van der Waals surface area contributed by atoms with Crippen LogP contribution in [-0.2, 0) is 25.8 Å². The third kappa shape index (κ3) is 5.52. The van der Waals surface area contributed by atoms with Gasteiger partial charge in [-0.1, -0.05) is 13.0 Å². The quantitative estimate of drug-likeness (QED) is 0.444. The average Bonchev–Trinajstić information content (AvgIpc) is 2.99. The SMILES string of the molecule is C[C@@H]1CC(=O)[C@H](CC(=O)N2CCN(S(=O)(=O)c3cccc(C(F)(F)F)c3)CC2)[C@H]1C[N+](=O)[O-]. The molecule has 2 fully saturated rings. The number of carbonyl (C=O) groups is 2. The molecule has 0 spiro atoms. The third-order valence-corrected chi connectivity index (χ3v) is 8.22. The Morgan fingerprint density at radius 2 is 1.85 bits per heavy atom. The minimum atomic E-state index is -4.68. The Hall–Kier alpha value is -2.54. The van der Waals surface area contributed by atoms with Gasteiger partial charge in [-0.15, -0.1) is 0 Å². The summed E-state index contributed by atoms with van der Waals surface area (Å²) in [7, 11) is -4.19. The Kier molecular flexibility index (Phi) is 7.13. The van der Waals surface area contributed by atoms with Crippen molar-refractivity contribution in [2.24, 2.45) is 17.8 Å². The maximum absolute atomic E-state index is 12.9. The molecule has 0 N–H and O–H groups in total. The molecule has 3 atom stereocenters. The van der Waals surface area contributed by atoms with Gasteiger partial charge in [0.25, 0.3) is 0 Å². The van der Waals surface area contributed by atoms with Gasteiger partial charge in [0.05, 0.1) is 10.5 Å². The largest absolute Gasteiger partial charge is 0.416 e. The summed E-state index contributed by atoms with van der Waals surface area (Å²) in [6, 6.07) is 3.48. The van der Waals surface area contributed by atoms with Gasteiger partial charge in [0.15, 0.2) is 0 Å². The predicted molar refractivity (Wildman–Crippen MR) is 109 cm³/mol. The molecule has 1 amide bonds. The van der Waals surface area contributed by atoms with Crippen LogP contribution in [0.5, 0.6) is 0 Å². The molecule has 0 unspecified atom stereocenters. The summed E-state index contributed by atoms with van der Waals surface area (Å²) >= 11 is 0. The number of ketones is 1. The number of sulfonamides is 1. The fourth-order valence-electron chi connectivity index (χ4n) is 4.48. The maximum atomic E-state index is 12.9. The van der Waals surface area contributed by atoms with Crippen molar-refractivity contribution in [2.75, 3.05) is 32.7 Å². The topological polar surface area (TPSA) is 118 Å². The molecule has 0 radical (unpaired) electrons. The molecular weight excluding hydrogens is 467 g/mol. The number of nitro groups is 1. The molecule has 1 aliphatic carbocycles. The van der Waals surface area contributed by atoms with Crippen LogP contribution in [-0.4, -0.2) is 67.0 Å². The summed E-state index contributed by atoms with van der Waals surface area (Å²) in [6.45, 7) is 1.14. The van der Waals surface area contributed by atoms with Crippen LogP contribution in [0, 0.1) is 27.9 Å². The molecule has 9 nitrogen and oxygen atoms in total. The zero-order valence-corrected chi connectivity index (χ0v) is 18.6. The molecule has 0 aromatic heterocycles. The molecule has 1 saturated heterocycles. The van der Waals surface area contributed by atoms with Crippen molar-refractivity contribution in [2.45, 2.75) is 30.8 Å². The summed E-state index contributed by atoms with van der Waals surface area (Å²) in [5, 5.41) is 10.9. The van der Waals surface area contributed by atoms with E-state index in [0.29, 0.717) is 6.07 Å². The van der Waals surface area contributed by atoms with Gasteiger partial charge < -0.3 is 4.90 Å². The van der Waals surface area contributed by atoms with Crippen molar-refractivity contribution in [1.29, 1.82) is 0 Å². The highest BCUT2D eigenvalue weighted by Crippen LogP contribution is 2.37. The standard InChI is InChI=1S/C20H24F3N3O6S/c1-13-9-18(27)16(17(13)12-26(29)30)11-19(28)24-5-7-25(8-6-24)33(31,32)15-4-2-3-14(10-15)20(21,22)23/h2-4,10,13,16-17H,5-9,11-12H2,1H3/t13-,16-,17+/m1/s1. The van der Waals surface area contributed by atoms with Gasteiger partial charge in [-0.3, -0.25) is 19.7 Å². The van der Waals surface area contributed by atoms with E-state index in [4.69, 9.17) is 0 Å². The monoisotopic (exact) mass is 491 g/mol. The molecule has 1 heterocycles. The fourth-order valence-corrected chi connectivity index (χ4v) is 5.95. The second kappa shape index (κ2) is 9.37. The highest BCUT2D eigenvalue weighted by atomic mass is 32.2. The molecule has 1 aliphatic heterocycles. The van der Waals surface area contributed by atoms with Gasteiger partial charge in [-0.05, 0) is 24.1 Å². The van der Waals surface area contributed by atoms with Gasteiger partial charge in [0, 0.05) is 55.8 Å². The van der Waals surface area contributed by atoms with Crippen molar-refractivity contribution in [3.63, 3.8) is 0 Å². The highest BCUT2D eigenvalue weighted by molar-refractivity contribution is 7.89. The van der Waals surface area contributed by atoms with Gasteiger partial charge in [-0.2, -0.15) is 17.5 Å². The second-order valence-electron chi connectivity index (χ2n) is 8.45. The number of halogens is 3. The minimum absolute atomic E-state index is 0.00733. The molecule has 3 rings (SSSR count). The number of rotatable bonds is 6. The first kappa shape index (κ1) is 25.1. The fraction of sp³-hybridized carbons (Fsp3) is 0.600. The van der Waals surface area contributed by atoms with E-state index < -0.39 is 55.9 Å².